The standard InChI is InChI=1S/C17H16N2OS/c1-12-10-19(14-6-3-2-5-13(12)14)11-17-18-9-15(20-17)16-7-4-8-21-16/h2-9,12H,10-11H2,1H3. The second-order valence-electron chi connectivity index (χ2n) is 5.44. The van der Waals surface area contributed by atoms with Gasteiger partial charge in [-0.3, -0.25) is 0 Å². The van der Waals surface area contributed by atoms with E-state index in [0.717, 1.165) is 29.6 Å². The van der Waals surface area contributed by atoms with Crippen molar-refractivity contribution in [3.63, 3.8) is 0 Å². The molecular formula is C17H16N2OS. The number of nitrogens with zero attached hydrogens (tertiary/aromatic N) is 2. The molecule has 0 fully saturated rings. The van der Waals surface area contributed by atoms with Crippen LogP contribution in [0.3, 0.4) is 0 Å². The highest BCUT2D eigenvalue weighted by molar-refractivity contribution is 7.13. The van der Waals surface area contributed by atoms with Gasteiger partial charge >= 0.3 is 0 Å². The van der Waals surface area contributed by atoms with Gasteiger partial charge in [0.1, 0.15) is 0 Å². The fraction of sp³-hybridized carbons (Fsp3) is 0.235. The van der Waals surface area contributed by atoms with Crippen LogP contribution in [0, 0.1) is 0 Å². The lowest BCUT2D eigenvalue weighted by Gasteiger charge is -2.17. The maximum atomic E-state index is 5.90. The molecule has 0 spiro atoms. The summed E-state index contributed by atoms with van der Waals surface area (Å²) < 4.78 is 5.90. The fourth-order valence-corrected chi connectivity index (χ4v) is 3.62. The molecule has 1 unspecified atom stereocenters. The van der Waals surface area contributed by atoms with E-state index in [0.29, 0.717) is 5.92 Å². The average Bonchev–Trinajstić information content (AvgIpc) is 3.21. The first-order chi connectivity index (χ1) is 10.3. The van der Waals surface area contributed by atoms with Crippen molar-refractivity contribution in [3.05, 3.63) is 59.4 Å². The number of rotatable bonds is 3. The third-order valence-electron chi connectivity index (χ3n) is 3.95. The Bertz CT molecular complexity index is 748. The summed E-state index contributed by atoms with van der Waals surface area (Å²) in [5.74, 6) is 2.20. The van der Waals surface area contributed by atoms with Crippen LogP contribution in [-0.2, 0) is 6.54 Å². The first-order valence-corrected chi connectivity index (χ1v) is 8.01. The van der Waals surface area contributed by atoms with Crippen molar-refractivity contribution in [1.82, 2.24) is 4.98 Å². The summed E-state index contributed by atoms with van der Waals surface area (Å²) in [6, 6.07) is 12.7. The number of thiophene rings is 1. The van der Waals surface area contributed by atoms with Gasteiger partial charge in [0.25, 0.3) is 0 Å². The van der Waals surface area contributed by atoms with Crippen molar-refractivity contribution in [1.29, 1.82) is 0 Å². The Kier molecular flexibility index (Phi) is 3.04. The minimum atomic E-state index is 0.563. The SMILES string of the molecule is CC1CN(Cc2ncc(-c3cccs3)o2)c2ccccc21. The van der Waals surface area contributed by atoms with E-state index in [4.69, 9.17) is 4.42 Å². The predicted molar refractivity (Wildman–Crippen MR) is 85.7 cm³/mol. The van der Waals surface area contributed by atoms with Crippen LogP contribution in [0.25, 0.3) is 10.6 Å². The van der Waals surface area contributed by atoms with E-state index in [9.17, 15) is 0 Å². The van der Waals surface area contributed by atoms with Gasteiger partial charge in [0.2, 0.25) is 5.89 Å². The number of benzene rings is 1. The Balaban J connectivity index is 1.58. The molecule has 0 amide bonds. The summed E-state index contributed by atoms with van der Waals surface area (Å²) in [6.07, 6.45) is 1.83. The van der Waals surface area contributed by atoms with Gasteiger partial charge in [-0.1, -0.05) is 31.2 Å². The van der Waals surface area contributed by atoms with Crippen molar-refractivity contribution in [2.75, 3.05) is 11.4 Å². The van der Waals surface area contributed by atoms with Crippen LogP contribution in [0.1, 0.15) is 24.3 Å². The summed E-state index contributed by atoms with van der Waals surface area (Å²) in [6.45, 7) is 4.02. The predicted octanol–water partition coefficient (Wildman–Crippen LogP) is 4.53. The number of oxazole rings is 1. The monoisotopic (exact) mass is 296 g/mol. The summed E-state index contributed by atoms with van der Waals surface area (Å²) in [4.78, 5) is 7.91. The highest BCUT2D eigenvalue weighted by atomic mass is 32.1. The van der Waals surface area contributed by atoms with E-state index >= 15 is 0 Å². The van der Waals surface area contributed by atoms with Crippen molar-refractivity contribution in [2.45, 2.75) is 19.4 Å². The molecule has 0 saturated heterocycles. The average molecular weight is 296 g/mol. The zero-order chi connectivity index (χ0) is 14.2. The zero-order valence-electron chi connectivity index (χ0n) is 11.8. The number of hydrogen-bond acceptors (Lipinski definition) is 4. The Morgan fingerprint density at radius 2 is 2.19 bits per heavy atom. The molecule has 4 rings (SSSR count). The molecule has 1 aromatic carbocycles. The number of anilines is 1. The highest BCUT2D eigenvalue weighted by Crippen LogP contribution is 2.36. The van der Waals surface area contributed by atoms with Crippen molar-refractivity contribution in [2.24, 2.45) is 0 Å². The first kappa shape index (κ1) is 12.7. The molecule has 0 saturated carbocycles. The second kappa shape index (κ2) is 5.04. The van der Waals surface area contributed by atoms with Gasteiger partial charge in [-0.25, -0.2) is 4.98 Å². The van der Waals surface area contributed by atoms with Crippen LogP contribution in [0.2, 0.25) is 0 Å². The Morgan fingerprint density at radius 1 is 1.29 bits per heavy atom. The van der Waals surface area contributed by atoms with Gasteiger partial charge < -0.3 is 9.32 Å². The quantitative estimate of drug-likeness (QED) is 0.711. The number of hydrogen-bond donors (Lipinski definition) is 0. The summed E-state index contributed by atoms with van der Waals surface area (Å²) >= 11 is 1.67. The Morgan fingerprint density at radius 3 is 3.05 bits per heavy atom. The van der Waals surface area contributed by atoms with E-state index in [1.165, 1.54) is 11.3 Å². The van der Waals surface area contributed by atoms with Crippen molar-refractivity contribution < 1.29 is 4.42 Å². The third-order valence-corrected chi connectivity index (χ3v) is 4.83. The van der Waals surface area contributed by atoms with Crippen LogP contribution >= 0.6 is 11.3 Å². The lowest BCUT2D eigenvalue weighted by molar-refractivity contribution is 0.500. The fourth-order valence-electron chi connectivity index (χ4n) is 2.95. The van der Waals surface area contributed by atoms with Gasteiger partial charge in [0.05, 0.1) is 17.6 Å². The topological polar surface area (TPSA) is 29.3 Å². The van der Waals surface area contributed by atoms with Gasteiger partial charge in [-0.05, 0) is 23.1 Å². The lowest BCUT2D eigenvalue weighted by Crippen LogP contribution is -2.20. The molecule has 1 atom stereocenters. The van der Waals surface area contributed by atoms with E-state index in [1.807, 2.05) is 12.3 Å². The molecule has 3 aromatic rings. The van der Waals surface area contributed by atoms with Crippen molar-refractivity contribution in [3.8, 4) is 10.6 Å². The van der Waals surface area contributed by atoms with E-state index in [-0.39, 0.29) is 0 Å². The van der Waals surface area contributed by atoms with Crippen LogP contribution in [0.4, 0.5) is 5.69 Å². The number of aromatic nitrogens is 1. The van der Waals surface area contributed by atoms with Gasteiger partial charge in [-0.15, -0.1) is 11.3 Å². The van der Waals surface area contributed by atoms with Gasteiger partial charge in [0, 0.05) is 18.2 Å². The molecule has 3 heterocycles. The lowest BCUT2D eigenvalue weighted by atomic mass is 10.0. The minimum absolute atomic E-state index is 0.563. The Hall–Kier alpha value is -2.07. The van der Waals surface area contributed by atoms with Crippen LogP contribution in [-0.4, -0.2) is 11.5 Å². The molecule has 21 heavy (non-hydrogen) atoms. The molecule has 106 valence electrons. The van der Waals surface area contributed by atoms with Crippen molar-refractivity contribution >= 4 is 17.0 Å². The molecule has 2 aromatic heterocycles. The molecule has 0 bridgehead atoms. The smallest absolute Gasteiger partial charge is 0.214 e. The van der Waals surface area contributed by atoms with Crippen LogP contribution in [0.5, 0.6) is 0 Å². The largest absolute Gasteiger partial charge is 0.438 e. The van der Waals surface area contributed by atoms with E-state index in [1.54, 1.807) is 11.3 Å². The highest BCUT2D eigenvalue weighted by Gasteiger charge is 2.26. The maximum Gasteiger partial charge on any atom is 0.214 e. The molecule has 0 aliphatic carbocycles. The molecule has 1 aliphatic rings. The molecular weight excluding hydrogens is 280 g/mol. The molecule has 1 aliphatic heterocycles. The summed E-state index contributed by atoms with van der Waals surface area (Å²) in [5, 5.41) is 2.05. The molecule has 3 nitrogen and oxygen atoms in total. The van der Waals surface area contributed by atoms with E-state index in [2.05, 4.69) is 52.5 Å². The van der Waals surface area contributed by atoms with Crippen LogP contribution < -0.4 is 4.90 Å². The number of fused-ring (bicyclic) bond motifs is 1. The van der Waals surface area contributed by atoms with Crippen LogP contribution in [0.15, 0.2) is 52.4 Å². The third kappa shape index (κ3) is 2.25. The number of para-hydroxylation sites is 1. The summed E-state index contributed by atoms with van der Waals surface area (Å²) in [7, 11) is 0. The molecule has 4 heteroatoms. The van der Waals surface area contributed by atoms with E-state index < -0.39 is 0 Å². The summed E-state index contributed by atoms with van der Waals surface area (Å²) in [5.41, 5.74) is 2.73. The van der Waals surface area contributed by atoms with Gasteiger partial charge in [-0.2, -0.15) is 0 Å². The second-order valence-corrected chi connectivity index (χ2v) is 6.38. The van der Waals surface area contributed by atoms with Gasteiger partial charge in [0.15, 0.2) is 5.76 Å². The molecule has 0 N–H and O–H groups in total. The minimum Gasteiger partial charge on any atom is -0.438 e. The molecule has 0 radical (unpaired) electrons. The first-order valence-electron chi connectivity index (χ1n) is 7.14. The normalized spacial score (nSPS) is 17.2. The zero-order valence-corrected chi connectivity index (χ0v) is 12.6. The Labute approximate surface area is 127 Å². The maximum absolute atomic E-state index is 5.90.